The van der Waals surface area contributed by atoms with E-state index in [9.17, 15) is 4.79 Å². The first-order chi connectivity index (χ1) is 5.15. The van der Waals surface area contributed by atoms with Gasteiger partial charge in [0.05, 0.1) is 0 Å². The zero-order valence-electron chi connectivity index (χ0n) is 7.29. The summed E-state index contributed by atoms with van der Waals surface area (Å²) in [5.74, 6) is 1.12. The molecule has 1 unspecified atom stereocenters. The lowest BCUT2D eigenvalue weighted by Crippen LogP contribution is -2.20. The van der Waals surface area contributed by atoms with Crippen LogP contribution in [0, 0.1) is 5.92 Å². The fraction of sp³-hybridized carbons (Fsp3) is 0.750. The minimum atomic E-state index is 0.0520. The lowest BCUT2D eigenvalue weighted by Gasteiger charge is -2.11. The number of hydrogen-bond acceptors (Lipinski definition) is 2. The summed E-state index contributed by atoms with van der Waals surface area (Å²) in [6.45, 7) is 2.02. The Morgan fingerprint density at radius 1 is 1.64 bits per heavy atom. The van der Waals surface area contributed by atoms with Gasteiger partial charge >= 0.3 is 0 Å². The number of rotatable bonds is 1. The van der Waals surface area contributed by atoms with Crippen LogP contribution in [0.5, 0.6) is 0 Å². The van der Waals surface area contributed by atoms with Crippen LogP contribution < -0.4 is 0 Å². The Balaban J connectivity index is 2.63. The molecule has 0 aromatic carbocycles. The largest absolute Gasteiger partial charge is 0.366 e. The summed E-state index contributed by atoms with van der Waals surface area (Å²) in [6.07, 6.45) is 1.72. The van der Waals surface area contributed by atoms with Crippen LogP contribution in [0.25, 0.3) is 0 Å². The number of carbonyl (C=O) groups is 1. The molecule has 11 heavy (non-hydrogen) atoms. The normalized spacial score (nSPS) is 23.7. The molecule has 0 bridgehead atoms. The molecule has 0 aromatic heterocycles. The van der Waals surface area contributed by atoms with E-state index in [0.29, 0.717) is 0 Å². The summed E-state index contributed by atoms with van der Waals surface area (Å²) in [4.78, 5) is 17.0. The van der Waals surface area contributed by atoms with E-state index in [1.54, 1.807) is 0 Å². The second kappa shape index (κ2) is 3.03. The molecule has 1 amide bonds. The van der Waals surface area contributed by atoms with E-state index in [2.05, 4.69) is 4.99 Å². The zero-order valence-corrected chi connectivity index (χ0v) is 7.29. The highest BCUT2D eigenvalue weighted by Crippen LogP contribution is 2.18. The second-order valence-corrected chi connectivity index (χ2v) is 3.07. The van der Waals surface area contributed by atoms with Crippen LogP contribution >= 0.6 is 0 Å². The van der Waals surface area contributed by atoms with Gasteiger partial charge in [0.1, 0.15) is 5.84 Å². The fourth-order valence-electron chi connectivity index (χ4n) is 1.17. The quantitative estimate of drug-likeness (QED) is 0.562. The highest BCUT2D eigenvalue weighted by molar-refractivity contribution is 6.02. The van der Waals surface area contributed by atoms with Crippen LogP contribution in [0.1, 0.15) is 19.8 Å². The summed E-state index contributed by atoms with van der Waals surface area (Å²) in [5.41, 5.74) is 0. The molecule has 3 nitrogen and oxygen atoms in total. The summed E-state index contributed by atoms with van der Waals surface area (Å²) in [7, 11) is 3.84. The van der Waals surface area contributed by atoms with Crippen molar-refractivity contribution in [3.8, 4) is 0 Å². The van der Waals surface area contributed by atoms with E-state index in [-0.39, 0.29) is 11.8 Å². The molecule has 0 saturated heterocycles. The van der Waals surface area contributed by atoms with Crippen molar-refractivity contribution in [2.24, 2.45) is 10.9 Å². The van der Waals surface area contributed by atoms with Crippen molar-refractivity contribution in [3.05, 3.63) is 0 Å². The Labute approximate surface area is 67.1 Å². The third-order valence-electron chi connectivity index (χ3n) is 2.03. The van der Waals surface area contributed by atoms with Gasteiger partial charge in [-0.15, -0.1) is 0 Å². The van der Waals surface area contributed by atoms with Gasteiger partial charge in [-0.05, 0) is 6.42 Å². The van der Waals surface area contributed by atoms with E-state index in [1.807, 2.05) is 25.9 Å². The van der Waals surface area contributed by atoms with Gasteiger partial charge in [-0.2, -0.15) is 0 Å². The number of amides is 1. The molecular formula is C8H14N2O. The number of carbonyl (C=O) groups excluding carboxylic acids is 1. The first-order valence-corrected chi connectivity index (χ1v) is 3.94. The van der Waals surface area contributed by atoms with E-state index in [1.165, 1.54) is 0 Å². The maximum absolute atomic E-state index is 11.1. The number of hydrogen-bond donors (Lipinski definition) is 0. The van der Waals surface area contributed by atoms with Crippen LogP contribution in [0.15, 0.2) is 4.99 Å². The highest BCUT2D eigenvalue weighted by atomic mass is 16.1. The van der Waals surface area contributed by atoms with Gasteiger partial charge in [-0.25, -0.2) is 4.99 Å². The van der Waals surface area contributed by atoms with Gasteiger partial charge < -0.3 is 4.90 Å². The van der Waals surface area contributed by atoms with Crippen LogP contribution in [0.3, 0.4) is 0 Å². The molecule has 0 fully saturated rings. The topological polar surface area (TPSA) is 32.7 Å². The van der Waals surface area contributed by atoms with E-state index in [0.717, 1.165) is 18.7 Å². The van der Waals surface area contributed by atoms with Crippen molar-refractivity contribution < 1.29 is 4.79 Å². The van der Waals surface area contributed by atoms with Gasteiger partial charge in [0.25, 0.3) is 5.91 Å². The van der Waals surface area contributed by atoms with Gasteiger partial charge in [-0.1, -0.05) is 6.92 Å². The second-order valence-electron chi connectivity index (χ2n) is 3.07. The molecule has 0 radical (unpaired) electrons. The first kappa shape index (κ1) is 8.24. The molecule has 0 aliphatic carbocycles. The molecule has 0 N–H and O–H groups in total. The zero-order chi connectivity index (χ0) is 8.43. The summed E-state index contributed by atoms with van der Waals surface area (Å²) in [6, 6.07) is 0. The van der Waals surface area contributed by atoms with Crippen molar-refractivity contribution in [1.82, 2.24) is 4.90 Å². The fourth-order valence-corrected chi connectivity index (χ4v) is 1.17. The molecule has 62 valence electrons. The standard InChI is InChI=1S/C8H14N2O/c1-4-6-5-7(10(2)3)9-8(6)11/h6H,4-5H2,1-3H3. The van der Waals surface area contributed by atoms with Crippen LogP contribution in [-0.4, -0.2) is 30.7 Å². The molecule has 0 saturated carbocycles. The molecule has 1 aliphatic heterocycles. The SMILES string of the molecule is CCC1CC(N(C)C)=NC1=O. The van der Waals surface area contributed by atoms with Crippen LogP contribution in [-0.2, 0) is 4.79 Å². The highest BCUT2D eigenvalue weighted by Gasteiger charge is 2.26. The molecule has 1 atom stereocenters. The van der Waals surface area contributed by atoms with E-state index >= 15 is 0 Å². The van der Waals surface area contributed by atoms with Crippen LogP contribution in [0.4, 0.5) is 0 Å². The summed E-state index contributed by atoms with van der Waals surface area (Å²) in [5, 5.41) is 0. The van der Waals surface area contributed by atoms with Gasteiger partial charge in [0.15, 0.2) is 0 Å². The number of nitrogens with zero attached hydrogens (tertiary/aromatic N) is 2. The van der Waals surface area contributed by atoms with Gasteiger partial charge in [0, 0.05) is 26.4 Å². The summed E-state index contributed by atoms with van der Waals surface area (Å²) >= 11 is 0. The van der Waals surface area contributed by atoms with Gasteiger partial charge in [0.2, 0.25) is 0 Å². The third kappa shape index (κ3) is 1.59. The van der Waals surface area contributed by atoms with E-state index in [4.69, 9.17) is 0 Å². The number of aliphatic imine (C=N–C) groups is 1. The maximum atomic E-state index is 11.1. The van der Waals surface area contributed by atoms with Crippen molar-refractivity contribution in [2.75, 3.05) is 14.1 Å². The Morgan fingerprint density at radius 2 is 2.27 bits per heavy atom. The molecule has 0 aromatic rings. The predicted octanol–water partition coefficient (Wildman–Crippen LogP) is 0.903. The summed E-state index contributed by atoms with van der Waals surface area (Å²) < 4.78 is 0. The van der Waals surface area contributed by atoms with Crippen molar-refractivity contribution in [2.45, 2.75) is 19.8 Å². The van der Waals surface area contributed by atoms with E-state index < -0.39 is 0 Å². The Bertz CT molecular complexity index is 196. The maximum Gasteiger partial charge on any atom is 0.250 e. The number of amidine groups is 1. The Hall–Kier alpha value is -0.860. The van der Waals surface area contributed by atoms with Crippen LogP contribution in [0.2, 0.25) is 0 Å². The monoisotopic (exact) mass is 154 g/mol. The van der Waals surface area contributed by atoms with Gasteiger partial charge in [-0.3, -0.25) is 4.79 Å². The molecule has 0 spiro atoms. The average molecular weight is 154 g/mol. The lowest BCUT2D eigenvalue weighted by molar-refractivity contribution is -0.120. The third-order valence-corrected chi connectivity index (χ3v) is 2.03. The predicted molar refractivity (Wildman–Crippen MR) is 44.5 cm³/mol. The molecule has 3 heteroatoms. The lowest BCUT2D eigenvalue weighted by atomic mass is 10.0. The first-order valence-electron chi connectivity index (χ1n) is 3.94. The minimum absolute atomic E-state index is 0.0520. The van der Waals surface area contributed by atoms with Crippen molar-refractivity contribution >= 4 is 11.7 Å². The van der Waals surface area contributed by atoms with Crippen molar-refractivity contribution in [3.63, 3.8) is 0 Å². The Kier molecular flexibility index (Phi) is 2.27. The Morgan fingerprint density at radius 3 is 2.55 bits per heavy atom. The minimum Gasteiger partial charge on any atom is -0.366 e. The molecule has 1 aliphatic rings. The average Bonchev–Trinajstić information content (AvgIpc) is 2.31. The molecule has 1 rings (SSSR count). The van der Waals surface area contributed by atoms with Crippen molar-refractivity contribution in [1.29, 1.82) is 0 Å². The molecular weight excluding hydrogens is 140 g/mol. The molecule has 1 heterocycles. The smallest absolute Gasteiger partial charge is 0.250 e.